The van der Waals surface area contributed by atoms with E-state index in [1.54, 1.807) is 0 Å². The Kier molecular flexibility index (Phi) is 3.06. The van der Waals surface area contributed by atoms with Crippen LogP contribution in [-0.4, -0.2) is 26.2 Å². The molecule has 5 heteroatoms. The molecule has 1 saturated carbocycles. The molecule has 94 valence electrons. The minimum absolute atomic E-state index is 0.675. The van der Waals surface area contributed by atoms with E-state index in [-0.39, 0.29) is 0 Å². The predicted molar refractivity (Wildman–Crippen MR) is 68.0 cm³/mol. The van der Waals surface area contributed by atoms with Gasteiger partial charge >= 0.3 is 0 Å². The predicted octanol–water partition coefficient (Wildman–Crippen LogP) is 1.28. The number of hydrogen-bond donors (Lipinski definition) is 1. The zero-order valence-electron chi connectivity index (χ0n) is 10.5. The van der Waals surface area contributed by atoms with E-state index in [9.17, 15) is 0 Å². The van der Waals surface area contributed by atoms with Crippen molar-refractivity contribution in [3.05, 3.63) is 41.2 Å². The van der Waals surface area contributed by atoms with Crippen molar-refractivity contribution >= 4 is 0 Å². The first-order chi connectivity index (χ1) is 8.83. The summed E-state index contributed by atoms with van der Waals surface area (Å²) in [6.45, 7) is 3.60. The summed E-state index contributed by atoms with van der Waals surface area (Å²) in [5.74, 6) is 0.908. The topological polar surface area (TPSA) is 55.6 Å². The van der Waals surface area contributed by atoms with Gasteiger partial charge in [-0.05, 0) is 41.3 Å². The summed E-state index contributed by atoms with van der Waals surface area (Å²) in [4.78, 5) is 0. The maximum absolute atomic E-state index is 4.08. The standard InChI is InChI=1S/C13H17N5/c1-10-4-2-3-5-11(10)9-18-13(15-16-17-18)8-14-12-6-7-12/h2-5,12,14H,6-9H2,1H3. The molecule has 0 amide bonds. The van der Waals surface area contributed by atoms with Gasteiger partial charge in [0, 0.05) is 6.04 Å². The van der Waals surface area contributed by atoms with Crippen molar-refractivity contribution < 1.29 is 0 Å². The van der Waals surface area contributed by atoms with Crippen LogP contribution in [-0.2, 0) is 13.1 Å². The highest BCUT2D eigenvalue weighted by molar-refractivity contribution is 5.25. The number of tetrazole rings is 1. The first-order valence-corrected chi connectivity index (χ1v) is 6.36. The minimum atomic E-state index is 0.675. The Balaban J connectivity index is 1.71. The van der Waals surface area contributed by atoms with Crippen molar-refractivity contribution in [3.63, 3.8) is 0 Å². The number of aryl methyl sites for hydroxylation is 1. The molecular formula is C13H17N5. The number of aromatic nitrogens is 4. The molecule has 1 aromatic carbocycles. The second kappa shape index (κ2) is 4.86. The van der Waals surface area contributed by atoms with Crippen molar-refractivity contribution in [2.45, 2.75) is 38.9 Å². The van der Waals surface area contributed by atoms with Crippen LogP contribution in [0.15, 0.2) is 24.3 Å². The molecular weight excluding hydrogens is 226 g/mol. The quantitative estimate of drug-likeness (QED) is 0.859. The first kappa shape index (κ1) is 11.3. The van der Waals surface area contributed by atoms with E-state index >= 15 is 0 Å². The molecule has 0 saturated heterocycles. The van der Waals surface area contributed by atoms with Gasteiger partial charge in [-0.25, -0.2) is 4.68 Å². The largest absolute Gasteiger partial charge is 0.307 e. The smallest absolute Gasteiger partial charge is 0.165 e. The van der Waals surface area contributed by atoms with E-state index in [4.69, 9.17) is 0 Å². The van der Waals surface area contributed by atoms with Crippen LogP contribution in [0.4, 0.5) is 0 Å². The Morgan fingerprint density at radius 1 is 1.33 bits per heavy atom. The summed E-state index contributed by atoms with van der Waals surface area (Å²) in [5, 5.41) is 15.4. The van der Waals surface area contributed by atoms with Gasteiger partial charge in [0.05, 0.1) is 13.1 Å². The van der Waals surface area contributed by atoms with Gasteiger partial charge in [-0.2, -0.15) is 0 Å². The van der Waals surface area contributed by atoms with Gasteiger partial charge in [0.25, 0.3) is 0 Å². The van der Waals surface area contributed by atoms with Crippen LogP contribution in [0.1, 0.15) is 29.8 Å². The molecule has 1 heterocycles. The van der Waals surface area contributed by atoms with Crippen molar-refractivity contribution in [2.75, 3.05) is 0 Å². The fraction of sp³-hybridized carbons (Fsp3) is 0.462. The third-order valence-corrected chi connectivity index (χ3v) is 3.31. The van der Waals surface area contributed by atoms with Gasteiger partial charge in [0.1, 0.15) is 0 Å². The van der Waals surface area contributed by atoms with Crippen molar-refractivity contribution in [1.29, 1.82) is 0 Å². The summed E-state index contributed by atoms with van der Waals surface area (Å²) in [5.41, 5.74) is 2.53. The fourth-order valence-electron chi connectivity index (χ4n) is 1.94. The first-order valence-electron chi connectivity index (χ1n) is 6.36. The van der Waals surface area contributed by atoms with Gasteiger partial charge in [-0.15, -0.1) is 5.10 Å². The molecule has 5 nitrogen and oxygen atoms in total. The highest BCUT2D eigenvalue weighted by Crippen LogP contribution is 2.19. The second-order valence-corrected chi connectivity index (χ2v) is 4.83. The summed E-state index contributed by atoms with van der Waals surface area (Å²) in [6.07, 6.45) is 2.55. The normalized spacial score (nSPS) is 14.9. The third kappa shape index (κ3) is 2.56. The summed E-state index contributed by atoms with van der Waals surface area (Å²) in [7, 11) is 0. The molecule has 2 aromatic rings. The maximum Gasteiger partial charge on any atom is 0.165 e. The number of nitrogens with zero attached hydrogens (tertiary/aromatic N) is 4. The Morgan fingerprint density at radius 3 is 2.94 bits per heavy atom. The molecule has 1 N–H and O–H groups in total. The molecule has 3 rings (SSSR count). The highest BCUT2D eigenvalue weighted by Gasteiger charge is 2.21. The van der Waals surface area contributed by atoms with Crippen molar-refractivity contribution in [2.24, 2.45) is 0 Å². The van der Waals surface area contributed by atoms with Crippen LogP contribution in [0, 0.1) is 6.92 Å². The van der Waals surface area contributed by atoms with E-state index < -0.39 is 0 Å². The van der Waals surface area contributed by atoms with E-state index in [2.05, 4.69) is 46.0 Å². The maximum atomic E-state index is 4.08. The summed E-state index contributed by atoms with van der Waals surface area (Å²) >= 11 is 0. The van der Waals surface area contributed by atoms with E-state index in [1.165, 1.54) is 24.0 Å². The lowest BCUT2D eigenvalue weighted by molar-refractivity contribution is 0.576. The molecule has 0 atom stereocenters. The average molecular weight is 243 g/mol. The zero-order chi connectivity index (χ0) is 12.4. The second-order valence-electron chi connectivity index (χ2n) is 4.83. The Bertz CT molecular complexity index is 530. The van der Waals surface area contributed by atoms with Gasteiger partial charge < -0.3 is 5.32 Å². The van der Waals surface area contributed by atoms with Gasteiger partial charge in [0.2, 0.25) is 0 Å². The van der Waals surface area contributed by atoms with E-state index in [0.29, 0.717) is 6.04 Å². The Hall–Kier alpha value is -1.75. The van der Waals surface area contributed by atoms with Gasteiger partial charge in [-0.3, -0.25) is 0 Å². The van der Waals surface area contributed by atoms with Crippen LogP contribution < -0.4 is 5.32 Å². The van der Waals surface area contributed by atoms with E-state index in [0.717, 1.165) is 18.9 Å². The van der Waals surface area contributed by atoms with Gasteiger partial charge in [-0.1, -0.05) is 24.3 Å². The van der Waals surface area contributed by atoms with Crippen LogP contribution in [0.5, 0.6) is 0 Å². The lowest BCUT2D eigenvalue weighted by Crippen LogP contribution is -2.19. The van der Waals surface area contributed by atoms with E-state index in [1.807, 2.05) is 10.7 Å². The van der Waals surface area contributed by atoms with Crippen molar-refractivity contribution in [3.8, 4) is 0 Å². The molecule has 0 unspecified atom stereocenters. The number of benzene rings is 1. The van der Waals surface area contributed by atoms with Crippen LogP contribution in [0.3, 0.4) is 0 Å². The molecule has 0 radical (unpaired) electrons. The molecule has 18 heavy (non-hydrogen) atoms. The average Bonchev–Trinajstić information content (AvgIpc) is 3.10. The van der Waals surface area contributed by atoms with Crippen LogP contribution >= 0.6 is 0 Å². The highest BCUT2D eigenvalue weighted by atomic mass is 15.5. The lowest BCUT2D eigenvalue weighted by Gasteiger charge is -2.07. The molecule has 1 fully saturated rings. The van der Waals surface area contributed by atoms with Crippen molar-refractivity contribution in [1.82, 2.24) is 25.5 Å². The molecule has 0 bridgehead atoms. The molecule has 0 aliphatic heterocycles. The molecule has 1 aliphatic rings. The Morgan fingerprint density at radius 2 is 2.17 bits per heavy atom. The number of rotatable bonds is 5. The van der Waals surface area contributed by atoms with Crippen LogP contribution in [0.2, 0.25) is 0 Å². The third-order valence-electron chi connectivity index (χ3n) is 3.31. The number of nitrogens with one attached hydrogen (secondary N) is 1. The lowest BCUT2D eigenvalue weighted by atomic mass is 10.1. The SMILES string of the molecule is Cc1ccccc1Cn1nnnc1CNC1CC1. The summed E-state index contributed by atoms with van der Waals surface area (Å²) < 4.78 is 1.87. The van der Waals surface area contributed by atoms with Crippen LogP contribution in [0.25, 0.3) is 0 Å². The molecule has 1 aliphatic carbocycles. The monoisotopic (exact) mass is 243 g/mol. The molecule has 1 aromatic heterocycles. The number of hydrogen-bond acceptors (Lipinski definition) is 4. The summed E-state index contributed by atoms with van der Waals surface area (Å²) in [6, 6.07) is 9.01. The minimum Gasteiger partial charge on any atom is -0.307 e. The van der Waals surface area contributed by atoms with Gasteiger partial charge in [0.15, 0.2) is 5.82 Å². The fourth-order valence-corrected chi connectivity index (χ4v) is 1.94. The molecule has 0 spiro atoms. The Labute approximate surface area is 106 Å². The zero-order valence-corrected chi connectivity index (χ0v) is 10.5.